The molecule has 0 aromatic heterocycles. The molecule has 52 heavy (non-hydrogen) atoms. The second-order valence-electron chi connectivity index (χ2n) is 21.1. The van der Waals surface area contributed by atoms with Gasteiger partial charge in [-0.05, 0) is 140 Å². The van der Waals surface area contributed by atoms with Gasteiger partial charge in [0.2, 0.25) is 5.91 Å². The molecule has 0 aromatic carbocycles. The maximum atomic E-state index is 13.8. The third-order valence-electron chi connectivity index (χ3n) is 16.6. The molecule has 3 N–H and O–H groups in total. The Morgan fingerprint density at radius 2 is 1.52 bits per heavy atom. The Kier molecular flexibility index (Phi) is 11.0. The standard InChI is InChI=1S/C44H71NO7/c1-26(2)22-30(38(50)51)45-34(46)23-44-19-14-28(27(3)4)37(44)29-12-13-32-41(9)17-16-33(52-36(49)25-39(5,6)24-35(47)48)40(7,8)31(41)15-18-43(32,11)42(29,10)20-21-44/h26,28-33,37H,3,12-25H2,1-2,4-11H3,(H,45,46)(H,47,48)(H,50,51)/t28-,29+,30?,31-,32+,33-,37+,41-,42+,43+,44+/m0/s1. The van der Waals surface area contributed by atoms with Crippen LogP contribution in [0.5, 0.6) is 0 Å². The third kappa shape index (κ3) is 7.00. The monoisotopic (exact) mass is 726 g/mol. The fourth-order valence-corrected chi connectivity index (χ4v) is 14.1. The molecule has 0 aliphatic heterocycles. The van der Waals surface area contributed by atoms with Crippen LogP contribution in [0.1, 0.15) is 159 Å². The van der Waals surface area contributed by atoms with Crippen LogP contribution in [0.25, 0.3) is 0 Å². The van der Waals surface area contributed by atoms with Gasteiger partial charge in [0.15, 0.2) is 0 Å². The first kappa shape index (κ1) is 40.8. The number of carboxylic acid groups (broad SMARTS) is 2. The zero-order chi connectivity index (χ0) is 38.8. The summed E-state index contributed by atoms with van der Waals surface area (Å²) in [5, 5.41) is 22.2. The van der Waals surface area contributed by atoms with Gasteiger partial charge in [-0.2, -0.15) is 0 Å². The highest BCUT2D eigenvalue weighted by molar-refractivity contribution is 5.84. The van der Waals surface area contributed by atoms with E-state index in [1.54, 1.807) is 0 Å². The smallest absolute Gasteiger partial charge is 0.326 e. The summed E-state index contributed by atoms with van der Waals surface area (Å²) < 4.78 is 6.26. The number of amides is 1. The number of hydrogen-bond donors (Lipinski definition) is 3. The lowest BCUT2D eigenvalue weighted by Crippen LogP contribution is -2.67. The van der Waals surface area contributed by atoms with Crippen LogP contribution in [-0.2, 0) is 23.9 Å². The highest BCUT2D eigenvalue weighted by atomic mass is 16.5. The molecule has 5 aliphatic carbocycles. The second-order valence-corrected chi connectivity index (χ2v) is 21.1. The molecule has 5 rings (SSSR count). The van der Waals surface area contributed by atoms with E-state index in [0.29, 0.717) is 42.4 Å². The average Bonchev–Trinajstić information content (AvgIpc) is 3.37. The van der Waals surface area contributed by atoms with Crippen molar-refractivity contribution in [3.8, 4) is 0 Å². The molecule has 0 bridgehead atoms. The number of carbonyl (C=O) groups excluding carboxylic acids is 2. The van der Waals surface area contributed by atoms with Gasteiger partial charge in [-0.15, -0.1) is 0 Å². The quantitative estimate of drug-likeness (QED) is 0.135. The predicted molar refractivity (Wildman–Crippen MR) is 203 cm³/mol. The van der Waals surface area contributed by atoms with Crippen LogP contribution in [0.3, 0.4) is 0 Å². The van der Waals surface area contributed by atoms with Crippen LogP contribution >= 0.6 is 0 Å². The van der Waals surface area contributed by atoms with Crippen molar-refractivity contribution >= 4 is 23.8 Å². The fourth-order valence-electron chi connectivity index (χ4n) is 14.1. The Bertz CT molecular complexity index is 1430. The molecule has 5 saturated carbocycles. The molecule has 0 spiro atoms. The van der Waals surface area contributed by atoms with Crippen molar-refractivity contribution in [2.75, 3.05) is 0 Å². The van der Waals surface area contributed by atoms with Crippen molar-refractivity contribution in [3.05, 3.63) is 12.2 Å². The lowest BCUT2D eigenvalue weighted by atomic mass is 9.32. The first-order valence-corrected chi connectivity index (χ1v) is 20.5. The first-order valence-electron chi connectivity index (χ1n) is 20.5. The molecule has 8 nitrogen and oxygen atoms in total. The molecule has 0 saturated heterocycles. The van der Waals surface area contributed by atoms with Crippen LogP contribution in [0.2, 0.25) is 0 Å². The Labute approximate surface area is 314 Å². The van der Waals surface area contributed by atoms with Gasteiger partial charge < -0.3 is 20.3 Å². The van der Waals surface area contributed by atoms with Gasteiger partial charge in [0.1, 0.15) is 12.1 Å². The van der Waals surface area contributed by atoms with E-state index in [9.17, 15) is 29.4 Å². The maximum Gasteiger partial charge on any atom is 0.326 e. The van der Waals surface area contributed by atoms with Gasteiger partial charge in [-0.1, -0.05) is 74.5 Å². The molecular formula is C44H71NO7. The molecular weight excluding hydrogens is 654 g/mol. The molecule has 5 fully saturated rings. The average molecular weight is 726 g/mol. The van der Waals surface area contributed by atoms with E-state index in [-0.39, 0.29) is 63.8 Å². The van der Waals surface area contributed by atoms with Crippen molar-refractivity contribution in [3.63, 3.8) is 0 Å². The van der Waals surface area contributed by atoms with Crippen molar-refractivity contribution in [1.82, 2.24) is 5.32 Å². The summed E-state index contributed by atoms with van der Waals surface area (Å²) in [4.78, 5) is 50.5. The van der Waals surface area contributed by atoms with E-state index in [1.165, 1.54) is 5.57 Å². The van der Waals surface area contributed by atoms with Crippen molar-refractivity contribution in [1.29, 1.82) is 0 Å². The molecule has 1 amide bonds. The zero-order valence-electron chi connectivity index (χ0n) is 34.2. The van der Waals surface area contributed by atoms with Crippen LogP contribution in [0, 0.1) is 68.0 Å². The largest absolute Gasteiger partial charge is 0.481 e. The van der Waals surface area contributed by atoms with Crippen molar-refractivity contribution < 1.29 is 34.1 Å². The summed E-state index contributed by atoms with van der Waals surface area (Å²) >= 11 is 0. The molecule has 0 heterocycles. The Morgan fingerprint density at radius 3 is 2.12 bits per heavy atom. The number of nitrogens with one attached hydrogen (secondary N) is 1. The number of rotatable bonds is 12. The number of aliphatic carboxylic acids is 2. The van der Waals surface area contributed by atoms with Crippen LogP contribution in [-0.4, -0.2) is 46.2 Å². The topological polar surface area (TPSA) is 130 Å². The number of fused-ring (bicyclic) bond motifs is 7. The van der Waals surface area contributed by atoms with Gasteiger partial charge in [-0.25, -0.2) is 4.79 Å². The highest BCUT2D eigenvalue weighted by Crippen LogP contribution is 2.78. The Hall–Kier alpha value is -2.38. The lowest BCUT2D eigenvalue weighted by molar-refractivity contribution is -0.250. The van der Waals surface area contributed by atoms with Crippen LogP contribution in [0.15, 0.2) is 12.2 Å². The van der Waals surface area contributed by atoms with Gasteiger partial charge >= 0.3 is 17.9 Å². The molecule has 0 radical (unpaired) electrons. The number of ether oxygens (including phenoxy) is 1. The molecule has 5 aliphatic rings. The summed E-state index contributed by atoms with van der Waals surface area (Å²) in [6.07, 6.45) is 11.2. The zero-order valence-corrected chi connectivity index (χ0v) is 34.2. The number of allylic oxidation sites excluding steroid dienone is 1. The summed E-state index contributed by atoms with van der Waals surface area (Å²) in [6.45, 7) is 26.6. The van der Waals surface area contributed by atoms with Crippen LogP contribution < -0.4 is 5.32 Å². The third-order valence-corrected chi connectivity index (χ3v) is 16.6. The molecule has 0 aromatic rings. The summed E-state index contributed by atoms with van der Waals surface area (Å²) in [5.74, 6) is 0.0862. The summed E-state index contributed by atoms with van der Waals surface area (Å²) in [5.41, 5.74) is 0.579. The van der Waals surface area contributed by atoms with E-state index < -0.39 is 23.4 Å². The normalized spacial score (nSPS) is 40.0. The van der Waals surface area contributed by atoms with E-state index in [4.69, 9.17) is 4.74 Å². The van der Waals surface area contributed by atoms with Crippen molar-refractivity contribution in [2.24, 2.45) is 68.0 Å². The number of esters is 1. The fraction of sp³-hybridized carbons (Fsp3) is 0.864. The van der Waals surface area contributed by atoms with Crippen LogP contribution in [0.4, 0.5) is 0 Å². The molecule has 294 valence electrons. The number of carboxylic acids is 2. The van der Waals surface area contributed by atoms with Gasteiger partial charge in [-0.3, -0.25) is 14.4 Å². The van der Waals surface area contributed by atoms with Gasteiger partial charge in [0.05, 0.1) is 12.8 Å². The Balaban J connectivity index is 1.38. The number of carbonyl (C=O) groups is 4. The maximum absolute atomic E-state index is 13.8. The minimum Gasteiger partial charge on any atom is -0.481 e. The van der Waals surface area contributed by atoms with Gasteiger partial charge in [0.25, 0.3) is 0 Å². The van der Waals surface area contributed by atoms with Crippen molar-refractivity contribution in [2.45, 2.75) is 171 Å². The first-order chi connectivity index (χ1) is 23.9. The minimum absolute atomic E-state index is 0.0668. The Morgan fingerprint density at radius 1 is 0.846 bits per heavy atom. The van der Waals surface area contributed by atoms with E-state index in [0.717, 1.165) is 64.2 Å². The summed E-state index contributed by atoms with van der Waals surface area (Å²) in [6, 6.07) is -0.855. The van der Waals surface area contributed by atoms with E-state index in [1.807, 2.05) is 27.7 Å². The van der Waals surface area contributed by atoms with Gasteiger partial charge in [0, 0.05) is 11.8 Å². The highest BCUT2D eigenvalue weighted by Gasteiger charge is 2.71. The van der Waals surface area contributed by atoms with E-state index >= 15 is 0 Å². The SMILES string of the molecule is C=C(C)[C@@H]1CC[C@]2(CC(=O)NC(CC(C)C)C(=O)O)CC[C@]3(C)[C@H](CC[C@@H]4[C@@]5(C)CC[C@H](OC(=O)CC(C)(C)CC(=O)O)C(C)(C)[C@@H]5CC[C@]43C)[C@@H]12. The predicted octanol–water partition coefficient (Wildman–Crippen LogP) is 9.45. The lowest BCUT2D eigenvalue weighted by Gasteiger charge is -2.73. The second kappa shape index (κ2) is 14.0. The number of hydrogen-bond acceptors (Lipinski definition) is 5. The molecule has 11 atom stereocenters. The van der Waals surface area contributed by atoms with E-state index in [2.05, 4.69) is 53.4 Å². The summed E-state index contributed by atoms with van der Waals surface area (Å²) in [7, 11) is 0. The minimum atomic E-state index is -0.955. The molecule has 8 heteroatoms. The molecule has 1 unspecified atom stereocenters.